The van der Waals surface area contributed by atoms with E-state index < -0.39 is 11.8 Å². The van der Waals surface area contributed by atoms with E-state index in [2.05, 4.69) is 10.5 Å². The molecule has 0 heterocycles. The number of phenolic OH excluding ortho intramolecular Hbond substituents is 1. The normalized spacial score (nSPS) is 11.0. The van der Waals surface area contributed by atoms with Gasteiger partial charge in [0.15, 0.2) is 0 Å². The number of carbonyl (C=O) groups excluding carboxylic acids is 2. The molecule has 0 bridgehead atoms. The second-order valence-electron chi connectivity index (χ2n) is 3.45. The molecule has 1 aromatic rings. The number of rotatable bonds is 4. The van der Waals surface area contributed by atoms with Crippen LogP contribution in [0.1, 0.15) is 23.7 Å². The van der Waals surface area contributed by atoms with Crippen LogP contribution in [-0.4, -0.2) is 22.6 Å². The van der Waals surface area contributed by atoms with Crippen LogP contribution < -0.4 is 11.2 Å². The molecule has 0 atom stereocenters. The summed E-state index contributed by atoms with van der Waals surface area (Å²) in [6.45, 7) is 1.57. The lowest BCUT2D eigenvalue weighted by Crippen LogP contribution is -2.21. The summed E-state index contributed by atoms with van der Waals surface area (Å²) in [5, 5.41) is 13.1. The molecule has 0 aliphatic heterocycles. The first-order valence-electron chi connectivity index (χ1n) is 4.90. The fourth-order valence-electron chi connectivity index (χ4n) is 1.16. The zero-order chi connectivity index (χ0) is 12.8. The average molecular weight is 235 g/mol. The SMILES string of the molecule is C/C(CC(N)=O)=N\NC(=O)c1ccccc1O. The molecule has 0 saturated carbocycles. The standard InChI is InChI=1S/C11H13N3O3/c1-7(6-10(12)16)13-14-11(17)8-4-2-3-5-9(8)15/h2-5,15H,6H2,1H3,(H2,12,16)(H,14,17)/b13-7+. The molecule has 0 unspecified atom stereocenters. The van der Waals surface area contributed by atoms with Crippen LogP contribution in [0.15, 0.2) is 29.4 Å². The van der Waals surface area contributed by atoms with Crippen molar-refractivity contribution in [3.8, 4) is 5.75 Å². The van der Waals surface area contributed by atoms with Gasteiger partial charge in [0.05, 0.1) is 12.0 Å². The summed E-state index contributed by atoms with van der Waals surface area (Å²) in [5.74, 6) is -1.21. The number of benzene rings is 1. The van der Waals surface area contributed by atoms with Crippen molar-refractivity contribution in [3.63, 3.8) is 0 Å². The van der Waals surface area contributed by atoms with E-state index in [0.29, 0.717) is 5.71 Å². The Morgan fingerprint density at radius 1 is 1.41 bits per heavy atom. The maximum absolute atomic E-state index is 11.6. The summed E-state index contributed by atoms with van der Waals surface area (Å²) in [4.78, 5) is 22.1. The first-order chi connectivity index (χ1) is 8.00. The van der Waals surface area contributed by atoms with Gasteiger partial charge in [0.1, 0.15) is 5.75 Å². The largest absolute Gasteiger partial charge is 0.507 e. The van der Waals surface area contributed by atoms with Gasteiger partial charge in [-0.15, -0.1) is 0 Å². The highest BCUT2D eigenvalue weighted by molar-refractivity contribution is 6.01. The Bertz CT molecular complexity index is 469. The number of primary amides is 1. The fraction of sp³-hybridized carbons (Fsp3) is 0.182. The lowest BCUT2D eigenvalue weighted by Gasteiger charge is -2.03. The molecule has 0 fully saturated rings. The summed E-state index contributed by atoms with van der Waals surface area (Å²) in [6.07, 6.45) is -0.0267. The number of aromatic hydroxyl groups is 1. The molecule has 1 rings (SSSR count). The number of nitrogens with one attached hydrogen (secondary N) is 1. The van der Waals surface area contributed by atoms with Crippen molar-refractivity contribution in [3.05, 3.63) is 29.8 Å². The quantitative estimate of drug-likeness (QED) is 0.518. The number of hydrogen-bond donors (Lipinski definition) is 3. The van der Waals surface area contributed by atoms with Crippen molar-refractivity contribution >= 4 is 17.5 Å². The number of hydrazone groups is 1. The highest BCUT2D eigenvalue weighted by atomic mass is 16.3. The lowest BCUT2D eigenvalue weighted by atomic mass is 10.2. The van der Waals surface area contributed by atoms with Crippen LogP contribution in [0.4, 0.5) is 0 Å². The number of nitrogens with zero attached hydrogens (tertiary/aromatic N) is 1. The van der Waals surface area contributed by atoms with Crippen LogP contribution in [-0.2, 0) is 4.79 Å². The lowest BCUT2D eigenvalue weighted by molar-refractivity contribution is -0.116. The minimum atomic E-state index is -0.549. The van der Waals surface area contributed by atoms with Gasteiger partial charge >= 0.3 is 0 Å². The van der Waals surface area contributed by atoms with Crippen molar-refractivity contribution in [1.29, 1.82) is 0 Å². The van der Waals surface area contributed by atoms with E-state index in [1.807, 2.05) is 0 Å². The smallest absolute Gasteiger partial charge is 0.275 e. The molecular weight excluding hydrogens is 222 g/mol. The van der Waals surface area contributed by atoms with Crippen LogP contribution in [0.25, 0.3) is 0 Å². The third-order valence-electron chi connectivity index (χ3n) is 1.93. The summed E-state index contributed by atoms with van der Waals surface area (Å²) in [7, 11) is 0. The molecule has 0 aliphatic rings. The minimum Gasteiger partial charge on any atom is -0.507 e. The second-order valence-corrected chi connectivity index (χ2v) is 3.45. The van der Waals surface area contributed by atoms with Crippen LogP contribution >= 0.6 is 0 Å². The molecule has 1 aromatic carbocycles. The Labute approximate surface area is 98.1 Å². The van der Waals surface area contributed by atoms with Gasteiger partial charge in [0, 0.05) is 5.71 Å². The Kier molecular flexibility index (Phi) is 4.21. The van der Waals surface area contributed by atoms with E-state index in [1.165, 1.54) is 12.1 Å². The van der Waals surface area contributed by atoms with E-state index in [9.17, 15) is 14.7 Å². The number of phenols is 1. The molecule has 4 N–H and O–H groups in total. The van der Waals surface area contributed by atoms with Crippen LogP contribution in [0.5, 0.6) is 5.75 Å². The van der Waals surface area contributed by atoms with Crippen LogP contribution in [0, 0.1) is 0 Å². The molecule has 2 amide bonds. The summed E-state index contributed by atoms with van der Waals surface area (Å²) < 4.78 is 0. The molecule has 0 radical (unpaired) electrons. The number of nitrogens with two attached hydrogens (primary N) is 1. The molecule has 0 spiro atoms. The summed E-state index contributed by atoms with van der Waals surface area (Å²) >= 11 is 0. The van der Waals surface area contributed by atoms with E-state index >= 15 is 0 Å². The predicted octanol–water partition coefficient (Wildman–Crippen LogP) is 0.373. The van der Waals surface area contributed by atoms with Crippen molar-refractivity contribution in [1.82, 2.24) is 5.43 Å². The number of carbonyl (C=O) groups is 2. The van der Waals surface area contributed by atoms with Gasteiger partial charge in [0.25, 0.3) is 5.91 Å². The molecule has 6 nitrogen and oxygen atoms in total. The van der Waals surface area contributed by atoms with Crippen molar-refractivity contribution < 1.29 is 14.7 Å². The number of para-hydroxylation sites is 1. The van der Waals surface area contributed by atoms with Crippen molar-refractivity contribution in [2.24, 2.45) is 10.8 Å². The highest BCUT2D eigenvalue weighted by Gasteiger charge is 2.09. The van der Waals surface area contributed by atoms with Crippen molar-refractivity contribution in [2.45, 2.75) is 13.3 Å². The highest BCUT2D eigenvalue weighted by Crippen LogP contribution is 2.14. The van der Waals surface area contributed by atoms with E-state index in [0.717, 1.165) is 0 Å². The Balaban J connectivity index is 2.68. The van der Waals surface area contributed by atoms with E-state index in [-0.39, 0.29) is 17.7 Å². The van der Waals surface area contributed by atoms with Crippen LogP contribution in [0.3, 0.4) is 0 Å². The monoisotopic (exact) mass is 235 g/mol. The van der Waals surface area contributed by atoms with Crippen LogP contribution in [0.2, 0.25) is 0 Å². The molecule has 17 heavy (non-hydrogen) atoms. The first-order valence-corrected chi connectivity index (χ1v) is 4.90. The molecule has 0 saturated heterocycles. The fourth-order valence-corrected chi connectivity index (χ4v) is 1.16. The number of hydrogen-bond acceptors (Lipinski definition) is 4. The molecule has 90 valence electrons. The Morgan fingerprint density at radius 2 is 2.06 bits per heavy atom. The second kappa shape index (κ2) is 5.64. The van der Waals surface area contributed by atoms with Gasteiger partial charge in [0.2, 0.25) is 5.91 Å². The maximum atomic E-state index is 11.6. The minimum absolute atomic E-state index is 0.0267. The Morgan fingerprint density at radius 3 is 2.65 bits per heavy atom. The van der Waals surface area contributed by atoms with E-state index in [1.54, 1.807) is 19.1 Å². The zero-order valence-corrected chi connectivity index (χ0v) is 9.30. The van der Waals surface area contributed by atoms with Gasteiger partial charge in [-0.3, -0.25) is 9.59 Å². The van der Waals surface area contributed by atoms with Gasteiger partial charge in [-0.2, -0.15) is 5.10 Å². The van der Waals surface area contributed by atoms with Gasteiger partial charge in [-0.25, -0.2) is 5.43 Å². The molecule has 0 aliphatic carbocycles. The van der Waals surface area contributed by atoms with E-state index in [4.69, 9.17) is 5.73 Å². The summed E-state index contributed by atoms with van der Waals surface area (Å²) in [5.41, 5.74) is 7.69. The summed E-state index contributed by atoms with van der Waals surface area (Å²) in [6, 6.07) is 6.08. The number of amides is 2. The van der Waals surface area contributed by atoms with Gasteiger partial charge < -0.3 is 10.8 Å². The zero-order valence-electron chi connectivity index (χ0n) is 9.30. The van der Waals surface area contributed by atoms with Crippen molar-refractivity contribution in [2.75, 3.05) is 0 Å². The maximum Gasteiger partial charge on any atom is 0.275 e. The molecule has 0 aromatic heterocycles. The third kappa shape index (κ3) is 3.94. The topological polar surface area (TPSA) is 105 Å². The molecule has 6 heteroatoms. The first kappa shape index (κ1) is 12.7. The molecular formula is C11H13N3O3. The average Bonchev–Trinajstić information content (AvgIpc) is 2.25. The predicted molar refractivity (Wildman–Crippen MR) is 62.5 cm³/mol. The third-order valence-corrected chi connectivity index (χ3v) is 1.93. The van der Waals surface area contributed by atoms with Gasteiger partial charge in [-0.1, -0.05) is 12.1 Å². The Hall–Kier alpha value is -2.37. The van der Waals surface area contributed by atoms with Gasteiger partial charge in [-0.05, 0) is 19.1 Å².